The molecule has 15 heavy (non-hydrogen) atoms. The fourth-order valence-electron chi connectivity index (χ4n) is 1.08. The number of halogens is 2. The Bertz CT molecular complexity index is 373. The van der Waals surface area contributed by atoms with Crippen LogP contribution in [0.2, 0.25) is 0 Å². The number of nitrogen functional groups attached to an aromatic ring is 1. The molecule has 0 aromatic heterocycles. The van der Waals surface area contributed by atoms with E-state index in [4.69, 9.17) is 10.8 Å². The number of nitrogens with two attached hydrogens (primary N) is 1. The molecule has 0 spiro atoms. The third-order valence-corrected chi connectivity index (χ3v) is 1.89. The van der Waals surface area contributed by atoms with E-state index in [0.717, 1.165) is 17.0 Å². The van der Waals surface area contributed by atoms with Gasteiger partial charge in [0.15, 0.2) is 0 Å². The average molecular weight is 216 g/mol. The molecule has 4 nitrogen and oxygen atoms in total. The van der Waals surface area contributed by atoms with Gasteiger partial charge in [0.25, 0.3) is 0 Å². The molecule has 82 valence electrons. The maximum Gasteiger partial charge on any atom is 0.407 e. The van der Waals surface area contributed by atoms with Gasteiger partial charge in [-0.3, -0.25) is 0 Å². The zero-order valence-corrected chi connectivity index (χ0v) is 8.00. The van der Waals surface area contributed by atoms with Crippen LogP contribution in [0.25, 0.3) is 0 Å². The number of anilines is 1. The third kappa shape index (κ3) is 2.55. The molecule has 1 amide bonds. The first-order chi connectivity index (χ1) is 6.91. The highest BCUT2D eigenvalue weighted by Gasteiger charge is 2.14. The van der Waals surface area contributed by atoms with Gasteiger partial charge in [-0.1, -0.05) is 0 Å². The van der Waals surface area contributed by atoms with Gasteiger partial charge in [-0.05, 0) is 12.1 Å². The second kappa shape index (κ2) is 4.12. The molecule has 0 unspecified atom stereocenters. The second-order valence-corrected chi connectivity index (χ2v) is 3.10. The monoisotopic (exact) mass is 216 g/mol. The second-order valence-electron chi connectivity index (χ2n) is 3.10. The Hall–Kier alpha value is -1.85. The summed E-state index contributed by atoms with van der Waals surface area (Å²) in [7, 11) is 1.22. The topological polar surface area (TPSA) is 66.6 Å². The van der Waals surface area contributed by atoms with Crippen LogP contribution in [0.4, 0.5) is 19.3 Å². The highest BCUT2D eigenvalue weighted by molar-refractivity contribution is 5.64. The van der Waals surface area contributed by atoms with E-state index in [-0.39, 0.29) is 17.8 Å². The lowest BCUT2D eigenvalue weighted by Crippen LogP contribution is -2.25. The van der Waals surface area contributed by atoms with E-state index < -0.39 is 17.7 Å². The molecule has 0 saturated heterocycles. The third-order valence-electron chi connectivity index (χ3n) is 1.89. The maximum atomic E-state index is 13.2. The highest BCUT2D eigenvalue weighted by Crippen LogP contribution is 2.18. The largest absolute Gasteiger partial charge is 0.465 e. The summed E-state index contributed by atoms with van der Waals surface area (Å²) < 4.78 is 26.4. The highest BCUT2D eigenvalue weighted by atomic mass is 19.1. The van der Waals surface area contributed by atoms with Crippen molar-refractivity contribution in [3.8, 4) is 0 Å². The Morgan fingerprint density at radius 1 is 1.47 bits per heavy atom. The van der Waals surface area contributed by atoms with Crippen LogP contribution in [0.1, 0.15) is 5.56 Å². The molecular formula is C9H10F2N2O2. The summed E-state index contributed by atoms with van der Waals surface area (Å²) >= 11 is 0. The lowest BCUT2D eigenvalue weighted by molar-refractivity contribution is 0.153. The summed E-state index contributed by atoms with van der Waals surface area (Å²) in [5, 5.41) is 8.54. The van der Waals surface area contributed by atoms with Crippen molar-refractivity contribution in [3.05, 3.63) is 29.3 Å². The number of carboxylic acid groups (broad SMARTS) is 1. The van der Waals surface area contributed by atoms with Gasteiger partial charge in [-0.15, -0.1) is 0 Å². The molecule has 0 aliphatic heterocycles. The predicted molar refractivity (Wildman–Crippen MR) is 50.3 cm³/mol. The van der Waals surface area contributed by atoms with E-state index >= 15 is 0 Å². The van der Waals surface area contributed by atoms with Crippen LogP contribution in [-0.2, 0) is 6.54 Å². The molecule has 1 aromatic rings. The average Bonchev–Trinajstić information content (AvgIpc) is 2.10. The molecule has 0 radical (unpaired) electrons. The van der Waals surface area contributed by atoms with Crippen molar-refractivity contribution in [1.29, 1.82) is 0 Å². The van der Waals surface area contributed by atoms with Gasteiger partial charge in [-0.2, -0.15) is 0 Å². The molecule has 0 aliphatic rings. The summed E-state index contributed by atoms with van der Waals surface area (Å²) in [6.07, 6.45) is -1.26. The van der Waals surface area contributed by atoms with Crippen molar-refractivity contribution >= 4 is 11.8 Å². The number of rotatable bonds is 2. The zero-order chi connectivity index (χ0) is 11.6. The first-order valence-electron chi connectivity index (χ1n) is 4.09. The molecule has 3 N–H and O–H groups in total. The smallest absolute Gasteiger partial charge is 0.407 e. The number of benzene rings is 1. The van der Waals surface area contributed by atoms with Gasteiger partial charge >= 0.3 is 6.09 Å². The van der Waals surface area contributed by atoms with Crippen LogP contribution in [0.3, 0.4) is 0 Å². The Labute approximate surface area is 84.9 Å². The predicted octanol–water partition coefficient (Wildman–Crippen LogP) is 1.66. The zero-order valence-electron chi connectivity index (χ0n) is 8.00. The normalized spacial score (nSPS) is 10.1. The lowest BCUT2D eigenvalue weighted by atomic mass is 10.1. The SMILES string of the molecule is CN(Cc1c(F)cc(N)cc1F)C(=O)O. The van der Waals surface area contributed by atoms with E-state index in [2.05, 4.69) is 0 Å². The van der Waals surface area contributed by atoms with Crippen molar-refractivity contribution in [2.24, 2.45) is 0 Å². The van der Waals surface area contributed by atoms with Gasteiger partial charge < -0.3 is 15.7 Å². The minimum atomic E-state index is -1.26. The molecule has 0 fully saturated rings. The van der Waals surface area contributed by atoms with Crippen molar-refractivity contribution in [1.82, 2.24) is 4.90 Å². The maximum absolute atomic E-state index is 13.2. The van der Waals surface area contributed by atoms with Crippen LogP contribution < -0.4 is 5.73 Å². The fraction of sp³-hybridized carbons (Fsp3) is 0.222. The molecule has 6 heteroatoms. The first kappa shape index (κ1) is 11.2. The molecule has 0 bridgehead atoms. The summed E-state index contributed by atoms with van der Waals surface area (Å²) in [5.74, 6) is -1.69. The molecule has 0 aliphatic carbocycles. The quantitative estimate of drug-likeness (QED) is 0.739. The first-order valence-corrected chi connectivity index (χ1v) is 4.09. The van der Waals surface area contributed by atoms with Gasteiger partial charge in [0.1, 0.15) is 11.6 Å². The standard InChI is InChI=1S/C9H10F2N2O2/c1-13(9(14)15)4-6-7(10)2-5(12)3-8(6)11/h2-3H,4,12H2,1H3,(H,14,15). The van der Waals surface area contributed by atoms with Gasteiger partial charge in [-0.25, -0.2) is 13.6 Å². The Morgan fingerprint density at radius 2 is 1.93 bits per heavy atom. The Morgan fingerprint density at radius 3 is 2.33 bits per heavy atom. The molecule has 0 saturated carbocycles. The van der Waals surface area contributed by atoms with Crippen molar-refractivity contribution in [3.63, 3.8) is 0 Å². The number of hydrogen-bond acceptors (Lipinski definition) is 2. The van der Waals surface area contributed by atoms with E-state index in [0.29, 0.717) is 0 Å². The Kier molecular flexibility index (Phi) is 3.08. The number of amides is 1. The van der Waals surface area contributed by atoms with Crippen LogP contribution in [0.5, 0.6) is 0 Å². The van der Waals surface area contributed by atoms with E-state index in [1.165, 1.54) is 7.05 Å². The van der Waals surface area contributed by atoms with Crippen LogP contribution in [0.15, 0.2) is 12.1 Å². The lowest BCUT2D eigenvalue weighted by Gasteiger charge is -2.14. The summed E-state index contributed by atoms with van der Waals surface area (Å²) in [6, 6.07) is 1.90. The minimum Gasteiger partial charge on any atom is -0.465 e. The molecule has 0 heterocycles. The Balaban J connectivity index is 3.00. The van der Waals surface area contributed by atoms with Crippen LogP contribution >= 0.6 is 0 Å². The van der Waals surface area contributed by atoms with Gasteiger partial charge in [0.2, 0.25) is 0 Å². The van der Waals surface area contributed by atoms with Gasteiger partial charge in [0, 0.05) is 18.3 Å². The number of nitrogens with zero attached hydrogens (tertiary/aromatic N) is 1. The summed E-state index contributed by atoms with van der Waals surface area (Å²) in [6.45, 7) is -0.354. The van der Waals surface area contributed by atoms with Crippen LogP contribution in [-0.4, -0.2) is 23.1 Å². The van der Waals surface area contributed by atoms with Crippen molar-refractivity contribution in [2.75, 3.05) is 12.8 Å². The summed E-state index contributed by atoms with van der Waals surface area (Å²) in [5.41, 5.74) is 4.86. The molecule has 0 atom stereocenters. The molecule has 1 rings (SSSR count). The number of carbonyl (C=O) groups is 1. The van der Waals surface area contributed by atoms with E-state index in [9.17, 15) is 13.6 Å². The van der Waals surface area contributed by atoms with Crippen molar-refractivity contribution < 1.29 is 18.7 Å². The molecular weight excluding hydrogens is 206 g/mol. The minimum absolute atomic E-state index is 0.0354. The van der Waals surface area contributed by atoms with Crippen molar-refractivity contribution in [2.45, 2.75) is 6.54 Å². The molecule has 1 aromatic carbocycles. The van der Waals surface area contributed by atoms with E-state index in [1.54, 1.807) is 0 Å². The van der Waals surface area contributed by atoms with E-state index in [1.807, 2.05) is 0 Å². The number of hydrogen-bond donors (Lipinski definition) is 2. The van der Waals surface area contributed by atoms with Gasteiger partial charge in [0.05, 0.1) is 6.54 Å². The fourth-order valence-corrected chi connectivity index (χ4v) is 1.08. The van der Waals surface area contributed by atoms with Crippen LogP contribution in [0, 0.1) is 11.6 Å². The summed E-state index contributed by atoms with van der Waals surface area (Å²) in [4.78, 5) is 11.2.